The maximum Gasteiger partial charge on any atom is 0.178 e. The van der Waals surface area contributed by atoms with Crippen LogP contribution in [-0.4, -0.2) is 14.5 Å². The molecule has 224 valence electrons. The molecule has 0 unspecified atom stereocenters. The van der Waals surface area contributed by atoms with Crippen molar-refractivity contribution >= 4 is 33.1 Å². The highest BCUT2D eigenvalue weighted by molar-refractivity contribution is 6.09. The fourth-order valence-corrected chi connectivity index (χ4v) is 6.70. The molecule has 0 fully saturated rings. The Labute approximate surface area is 269 Å². The summed E-state index contributed by atoms with van der Waals surface area (Å²) in [6.45, 7) is 9.13. The van der Waals surface area contributed by atoms with Crippen LogP contribution in [-0.2, 0) is 0 Å². The van der Waals surface area contributed by atoms with Crippen molar-refractivity contribution in [3.63, 3.8) is 0 Å². The molecular weight excluding hydrogens is 562 g/mol. The summed E-state index contributed by atoms with van der Waals surface area (Å²) in [5.74, 6) is 1.34. The van der Waals surface area contributed by atoms with Gasteiger partial charge in [0.15, 0.2) is 11.5 Å². The number of hydrogen-bond donors (Lipinski definition) is 0. The van der Waals surface area contributed by atoms with E-state index in [1.54, 1.807) is 0 Å². The summed E-state index contributed by atoms with van der Waals surface area (Å²) in [6.07, 6.45) is 1.94. The molecule has 0 amide bonds. The van der Waals surface area contributed by atoms with Crippen molar-refractivity contribution in [2.45, 2.75) is 39.5 Å². The van der Waals surface area contributed by atoms with Crippen LogP contribution < -0.4 is 0 Å². The molecule has 0 saturated carbocycles. The topological polar surface area (TPSA) is 43.9 Å². The number of nitrogens with zero attached hydrogens (tertiary/aromatic N) is 3. The lowest BCUT2D eigenvalue weighted by molar-refractivity contribution is 0.669. The lowest BCUT2D eigenvalue weighted by Crippen LogP contribution is -2.09. The molecule has 0 radical (unpaired) electrons. The van der Waals surface area contributed by atoms with E-state index in [0.29, 0.717) is 5.65 Å². The van der Waals surface area contributed by atoms with Crippen LogP contribution in [0.25, 0.3) is 72.4 Å². The van der Waals surface area contributed by atoms with Gasteiger partial charge in [0.1, 0.15) is 11.2 Å². The normalized spacial score (nSPS) is 11.9. The molecule has 0 aliphatic carbocycles. The highest BCUT2D eigenvalue weighted by atomic mass is 16.3. The van der Waals surface area contributed by atoms with E-state index in [4.69, 9.17) is 14.4 Å². The van der Waals surface area contributed by atoms with Gasteiger partial charge in [-0.15, -0.1) is 0 Å². The van der Waals surface area contributed by atoms with Crippen LogP contribution in [0.4, 0.5) is 0 Å². The average molecular weight is 598 g/mol. The Morgan fingerprint density at radius 1 is 0.587 bits per heavy atom. The smallest absolute Gasteiger partial charge is 0.178 e. The molecule has 3 aromatic heterocycles. The molecule has 0 spiro atoms. The molecule has 4 nitrogen and oxygen atoms in total. The molecule has 0 N–H and O–H groups in total. The average Bonchev–Trinajstić information content (AvgIpc) is 3.66. The number of hydrogen-bond acceptors (Lipinski definition) is 3. The van der Waals surface area contributed by atoms with Gasteiger partial charge in [-0.05, 0) is 70.0 Å². The lowest BCUT2D eigenvalue weighted by Gasteiger charge is -2.24. The van der Waals surface area contributed by atoms with E-state index in [1.807, 2.05) is 24.4 Å². The van der Waals surface area contributed by atoms with Gasteiger partial charge >= 0.3 is 0 Å². The van der Waals surface area contributed by atoms with Gasteiger partial charge < -0.3 is 4.42 Å². The van der Waals surface area contributed by atoms with E-state index < -0.39 is 0 Å². The van der Waals surface area contributed by atoms with Crippen LogP contribution in [0.15, 0.2) is 132 Å². The Hall–Kier alpha value is -5.48. The van der Waals surface area contributed by atoms with Crippen LogP contribution in [0.5, 0.6) is 0 Å². The van der Waals surface area contributed by atoms with Crippen LogP contribution in [0.3, 0.4) is 0 Å². The number of rotatable bonds is 6. The summed E-state index contributed by atoms with van der Waals surface area (Å²) in [6, 6.07) is 42.7. The molecule has 0 bridgehead atoms. The summed E-state index contributed by atoms with van der Waals surface area (Å²) in [4.78, 5) is 10.3. The zero-order valence-electron chi connectivity index (χ0n) is 26.5. The minimum atomic E-state index is 0.258. The van der Waals surface area contributed by atoms with Crippen molar-refractivity contribution in [2.75, 3.05) is 0 Å². The second kappa shape index (κ2) is 11.1. The fraction of sp³-hybridized carbons (Fsp3) is 0.143. The van der Waals surface area contributed by atoms with E-state index in [1.165, 1.54) is 27.9 Å². The quantitative estimate of drug-likeness (QED) is 0.191. The van der Waals surface area contributed by atoms with Gasteiger partial charge in [0.05, 0.1) is 16.8 Å². The largest absolute Gasteiger partial charge is 0.455 e. The van der Waals surface area contributed by atoms with Crippen molar-refractivity contribution in [3.05, 3.63) is 139 Å². The monoisotopic (exact) mass is 597 g/mol. The van der Waals surface area contributed by atoms with Crippen molar-refractivity contribution in [2.24, 2.45) is 0 Å². The Bertz CT molecular complexity index is 2330. The molecule has 0 aliphatic heterocycles. The molecule has 4 heteroatoms. The van der Waals surface area contributed by atoms with Gasteiger partial charge in [0, 0.05) is 22.5 Å². The predicted molar refractivity (Wildman–Crippen MR) is 191 cm³/mol. The molecule has 0 aliphatic rings. The SMILES string of the molecule is CC(C)c1cc(-c2ccccc2)cc(C(C)C)c1-n1c(-c2cccc3c2oc2ccccc23)nc2ncc(-c3ccccc3)cc21. The first-order chi connectivity index (χ1) is 22.5. The third-order valence-electron chi connectivity index (χ3n) is 9.01. The van der Waals surface area contributed by atoms with Crippen molar-refractivity contribution in [1.29, 1.82) is 0 Å². The standard InChI is InChI=1S/C42H35N3O/c1-26(2)35-22-30(28-14-7-5-8-15-28)23-36(27(3)4)39(35)45-37-24-31(29-16-9-6-10-17-29)25-43-41(37)44-42(45)34-20-13-19-33-32-18-11-12-21-38(32)46-40(33)34/h5-27H,1-4H3. The molecule has 46 heavy (non-hydrogen) atoms. The summed E-state index contributed by atoms with van der Waals surface area (Å²) in [5.41, 5.74) is 12.7. The molecule has 0 saturated heterocycles. The fourth-order valence-electron chi connectivity index (χ4n) is 6.70. The summed E-state index contributed by atoms with van der Waals surface area (Å²) < 4.78 is 8.93. The highest BCUT2D eigenvalue weighted by Crippen LogP contribution is 2.42. The Kier molecular flexibility index (Phi) is 6.79. The lowest BCUT2D eigenvalue weighted by atomic mass is 9.88. The van der Waals surface area contributed by atoms with E-state index >= 15 is 0 Å². The van der Waals surface area contributed by atoms with Crippen molar-refractivity contribution in [3.8, 4) is 39.3 Å². The van der Waals surface area contributed by atoms with Gasteiger partial charge in [-0.25, -0.2) is 9.97 Å². The highest BCUT2D eigenvalue weighted by Gasteiger charge is 2.26. The van der Waals surface area contributed by atoms with E-state index in [0.717, 1.165) is 50.0 Å². The zero-order chi connectivity index (χ0) is 31.4. The third kappa shape index (κ3) is 4.60. The molecule has 0 atom stereocenters. The predicted octanol–water partition coefficient (Wildman–Crippen LogP) is 11.6. The second-order valence-electron chi connectivity index (χ2n) is 12.7. The van der Waals surface area contributed by atoms with Gasteiger partial charge in [0.2, 0.25) is 0 Å². The van der Waals surface area contributed by atoms with Gasteiger partial charge in [-0.1, -0.05) is 119 Å². The van der Waals surface area contributed by atoms with Crippen LogP contribution >= 0.6 is 0 Å². The first kappa shape index (κ1) is 28.0. The second-order valence-corrected chi connectivity index (χ2v) is 12.7. The van der Waals surface area contributed by atoms with Gasteiger partial charge in [-0.2, -0.15) is 0 Å². The molecular formula is C42H35N3O. The number of benzene rings is 5. The third-order valence-corrected chi connectivity index (χ3v) is 9.01. The van der Waals surface area contributed by atoms with Gasteiger partial charge in [-0.3, -0.25) is 4.57 Å². The minimum Gasteiger partial charge on any atom is -0.455 e. The van der Waals surface area contributed by atoms with Crippen molar-refractivity contribution < 1.29 is 4.42 Å². The Morgan fingerprint density at radius 3 is 1.87 bits per heavy atom. The first-order valence-corrected chi connectivity index (χ1v) is 16.1. The van der Waals surface area contributed by atoms with E-state index in [9.17, 15) is 0 Å². The number of pyridine rings is 1. The number of para-hydroxylation sites is 2. The van der Waals surface area contributed by atoms with Gasteiger partial charge in [0.25, 0.3) is 0 Å². The Balaban J connectivity index is 1.50. The summed E-state index contributed by atoms with van der Waals surface area (Å²) in [5, 5.41) is 2.18. The minimum absolute atomic E-state index is 0.258. The van der Waals surface area contributed by atoms with Crippen LogP contribution in [0, 0.1) is 0 Å². The maximum atomic E-state index is 6.58. The number of aromatic nitrogens is 3. The number of imidazole rings is 1. The zero-order valence-corrected chi connectivity index (χ0v) is 26.5. The summed E-state index contributed by atoms with van der Waals surface area (Å²) in [7, 11) is 0. The van der Waals surface area contributed by atoms with Crippen LogP contribution in [0.1, 0.15) is 50.7 Å². The molecule has 5 aromatic carbocycles. The van der Waals surface area contributed by atoms with Crippen LogP contribution in [0.2, 0.25) is 0 Å². The molecule has 3 heterocycles. The first-order valence-electron chi connectivity index (χ1n) is 16.1. The maximum absolute atomic E-state index is 6.58. The Morgan fingerprint density at radius 2 is 1.20 bits per heavy atom. The molecule has 8 rings (SSSR count). The van der Waals surface area contributed by atoms with E-state index in [-0.39, 0.29) is 11.8 Å². The van der Waals surface area contributed by atoms with E-state index in [2.05, 4.69) is 135 Å². The molecule has 8 aromatic rings. The summed E-state index contributed by atoms with van der Waals surface area (Å²) >= 11 is 0. The van der Waals surface area contributed by atoms with Crippen molar-refractivity contribution in [1.82, 2.24) is 14.5 Å². The number of furan rings is 1. The number of fused-ring (bicyclic) bond motifs is 4.